The number of amides is 4. The molecule has 0 fully saturated rings. The fraction of sp³-hybridized carbons (Fsp3) is 0.292. The number of nitrogens with one attached hydrogen (secondary N) is 4. The molecule has 2 heterocycles. The van der Waals surface area contributed by atoms with Crippen molar-refractivity contribution in [2.45, 2.75) is 19.0 Å². The van der Waals surface area contributed by atoms with Crippen LogP contribution in [0, 0.1) is 5.82 Å². The van der Waals surface area contributed by atoms with Crippen LogP contribution >= 0.6 is 0 Å². The van der Waals surface area contributed by atoms with E-state index in [0.29, 0.717) is 36.6 Å². The van der Waals surface area contributed by atoms with E-state index in [9.17, 15) is 18.8 Å². The molecule has 4 rings (SSSR count). The van der Waals surface area contributed by atoms with Gasteiger partial charge in [0.25, 0.3) is 5.91 Å². The Morgan fingerprint density at radius 2 is 2.00 bits per heavy atom. The number of halogens is 1. The van der Waals surface area contributed by atoms with Gasteiger partial charge < -0.3 is 30.6 Å². The molecule has 4 N–H and O–H groups in total. The van der Waals surface area contributed by atoms with Crippen molar-refractivity contribution >= 4 is 34.4 Å². The highest BCUT2D eigenvalue weighted by atomic mass is 19.1. The maximum atomic E-state index is 13.8. The third-order valence-electron chi connectivity index (χ3n) is 5.64. The lowest BCUT2D eigenvalue weighted by Gasteiger charge is -2.27. The summed E-state index contributed by atoms with van der Waals surface area (Å²) in [6.45, 7) is 1.17. The van der Waals surface area contributed by atoms with Crippen molar-refractivity contribution in [2.75, 3.05) is 32.1 Å². The molecule has 178 valence electrons. The number of ether oxygens (including phenoxy) is 1. The standard InChI is InChI=1S/C24H26FN5O4/c1-34-9-8-26-24(33)29-17-6-7-20-16(10-17)11-21-23(32)28-14-18(30(20)21)12-22(31)27-13-15-4-2-3-5-19(15)25/h2-7,10-11,18H,8-9,12-14H2,1H3,(H,27,31)(H,28,32)(H2,26,29,33). The summed E-state index contributed by atoms with van der Waals surface area (Å²) in [5.74, 6) is -0.850. The van der Waals surface area contributed by atoms with Gasteiger partial charge in [-0.05, 0) is 30.3 Å². The van der Waals surface area contributed by atoms with Crippen molar-refractivity contribution < 1.29 is 23.5 Å². The van der Waals surface area contributed by atoms with Crippen LogP contribution in [0.2, 0.25) is 0 Å². The molecule has 0 saturated heterocycles. The molecule has 9 nitrogen and oxygen atoms in total. The Kier molecular flexibility index (Phi) is 7.07. The number of aromatic nitrogens is 1. The fourth-order valence-corrected chi connectivity index (χ4v) is 4.00. The number of benzene rings is 2. The molecule has 0 bridgehead atoms. The number of carbonyl (C=O) groups is 3. The minimum Gasteiger partial charge on any atom is -0.383 e. The zero-order valence-corrected chi connectivity index (χ0v) is 18.7. The molecule has 1 unspecified atom stereocenters. The second-order valence-electron chi connectivity index (χ2n) is 7.98. The number of rotatable bonds is 8. The van der Waals surface area contributed by atoms with Crippen LogP contribution in [-0.2, 0) is 16.1 Å². The van der Waals surface area contributed by atoms with Crippen LogP contribution in [0.5, 0.6) is 0 Å². The minimum absolute atomic E-state index is 0.0886. The molecular formula is C24H26FN5O4. The first-order valence-corrected chi connectivity index (χ1v) is 10.9. The van der Waals surface area contributed by atoms with Crippen molar-refractivity contribution in [3.8, 4) is 0 Å². The number of methoxy groups -OCH3 is 1. The third kappa shape index (κ3) is 5.18. The minimum atomic E-state index is -0.372. The van der Waals surface area contributed by atoms with E-state index in [0.717, 1.165) is 10.9 Å². The van der Waals surface area contributed by atoms with Crippen molar-refractivity contribution in [2.24, 2.45) is 0 Å². The number of anilines is 1. The van der Waals surface area contributed by atoms with Gasteiger partial charge in [0.2, 0.25) is 5.91 Å². The molecule has 3 aromatic rings. The number of nitrogens with zero attached hydrogens (tertiary/aromatic N) is 1. The van der Waals surface area contributed by atoms with Gasteiger partial charge >= 0.3 is 6.03 Å². The Balaban J connectivity index is 1.48. The molecule has 1 atom stereocenters. The summed E-state index contributed by atoms with van der Waals surface area (Å²) in [4.78, 5) is 37.1. The van der Waals surface area contributed by atoms with Crippen LogP contribution in [-0.4, -0.2) is 49.2 Å². The highest BCUT2D eigenvalue weighted by molar-refractivity contribution is 6.01. The number of hydrogen-bond donors (Lipinski definition) is 4. The fourth-order valence-electron chi connectivity index (χ4n) is 4.00. The normalized spacial score (nSPS) is 14.9. The first kappa shape index (κ1) is 23.2. The van der Waals surface area contributed by atoms with Gasteiger partial charge in [0.1, 0.15) is 11.5 Å². The van der Waals surface area contributed by atoms with Crippen LogP contribution in [0.25, 0.3) is 10.9 Å². The summed E-state index contributed by atoms with van der Waals surface area (Å²) in [6, 6.07) is 12.7. The Hall–Kier alpha value is -3.92. The molecule has 0 radical (unpaired) electrons. The van der Waals surface area contributed by atoms with E-state index < -0.39 is 0 Å². The van der Waals surface area contributed by atoms with E-state index in [1.165, 1.54) is 6.07 Å². The van der Waals surface area contributed by atoms with Gasteiger partial charge in [-0.25, -0.2) is 9.18 Å². The molecule has 0 aliphatic carbocycles. The molecule has 4 amide bonds. The molecule has 34 heavy (non-hydrogen) atoms. The lowest BCUT2D eigenvalue weighted by Crippen LogP contribution is -2.40. The van der Waals surface area contributed by atoms with E-state index >= 15 is 0 Å². The molecule has 0 saturated carbocycles. The molecule has 1 aliphatic heterocycles. The van der Waals surface area contributed by atoms with Gasteiger partial charge in [0, 0.05) is 55.3 Å². The lowest BCUT2D eigenvalue weighted by atomic mass is 10.1. The largest absolute Gasteiger partial charge is 0.383 e. The highest BCUT2D eigenvalue weighted by Gasteiger charge is 2.28. The summed E-state index contributed by atoms with van der Waals surface area (Å²) in [6.07, 6.45) is 0.118. The molecule has 1 aromatic heterocycles. The van der Waals surface area contributed by atoms with Gasteiger partial charge in [-0.2, -0.15) is 0 Å². The Morgan fingerprint density at radius 3 is 2.79 bits per heavy atom. The second kappa shape index (κ2) is 10.3. The maximum absolute atomic E-state index is 13.8. The maximum Gasteiger partial charge on any atom is 0.319 e. The van der Waals surface area contributed by atoms with Gasteiger partial charge in [-0.15, -0.1) is 0 Å². The van der Waals surface area contributed by atoms with Crippen LogP contribution in [0.4, 0.5) is 14.9 Å². The predicted octanol–water partition coefficient (Wildman–Crippen LogP) is 2.54. The van der Waals surface area contributed by atoms with E-state index in [2.05, 4.69) is 21.3 Å². The first-order chi connectivity index (χ1) is 16.5. The third-order valence-corrected chi connectivity index (χ3v) is 5.64. The first-order valence-electron chi connectivity index (χ1n) is 10.9. The van der Waals surface area contributed by atoms with E-state index in [4.69, 9.17) is 4.74 Å². The van der Waals surface area contributed by atoms with Crippen molar-refractivity contribution in [3.05, 3.63) is 65.6 Å². The van der Waals surface area contributed by atoms with Crippen molar-refractivity contribution in [1.82, 2.24) is 20.5 Å². The summed E-state index contributed by atoms with van der Waals surface area (Å²) in [5.41, 5.74) is 2.20. The average Bonchev–Trinajstić information content (AvgIpc) is 3.20. The molecule has 10 heteroatoms. The van der Waals surface area contributed by atoms with Crippen LogP contribution in [0.1, 0.15) is 28.5 Å². The van der Waals surface area contributed by atoms with Gasteiger partial charge in [0.05, 0.1) is 12.6 Å². The van der Waals surface area contributed by atoms with E-state index in [1.807, 2.05) is 10.6 Å². The Morgan fingerprint density at radius 1 is 1.18 bits per heavy atom. The molecular weight excluding hydrogens is 441 g/mol. The second-order valence-corrected chi connectivity index (χ2v) is 7.98. The zero-order chi connectivity index (χ0) is 24.1. The van der Waals surface area contributed by atoms with Gasteiger partial charge in [0.15, 0.2) is 0 Å². The smallest absolute Gasteiger partial charge is 0.319 e. The Bertz CT molecular complexity index is 1230. The number of hydrogen-bond acceptors (Lipinski definition) is 4. The Labute approximate surface area is 195 Å². The molecule has 2 aromatic carbocycles. The molecule has 0 spiro atoms. The van der Waals surface area contributed by atoms with Crippen LogP contribution in [0.15, 0.2) is 48.5 Å². The van der Waals surface area contributed by atoms with Crippen molar-refractivity contribution in [1.29, 1.82) is 0 Å². The lowest BCUT2D eigenvalue weighted by molar-refractivity contribution is -0.122. The van der Waals surface area contributed by atoms with Crippen LogP contribution < -0.4 is 21.3 Å². The average molecular weight is 468 g/mol. The summed E-state index contributed by atoms with van der Waals surface area (Å²) in [5, 5.41) is 11.8. The highest BCUT2D eigenvalue weighted by Crippen LogP contribution is 2.30. The van der Waals surface area contributed by atoms with E-state index in [-0.39, 0.29) is 42.7 Å². The van der Waals surface area contributed by atoms with Gasteiger partial charge in [-0.1, -0.05) is 18.2 Å². The van der Waals surface area contributed by atoms with E-state index in [1.54, 1.807) is 43.5 Å². The number of carbonyl (C=O) groups excluding carboxylic acids is 3. The van der Waals surface area contributed by atoms with Crippen molar-refractivity contribution in [3.63, 3.8) is 0 Å². The summed E-state index contributed by atoms with van der Waals surface area (Å²) in [7, 11) is 1.55. The van der Waals surface area contributed by atoms with Crippen LogP contribution in [0.3, 0.4) is 0 Å². The topological polar surface area (TPSA) is 113 Å². The van der Waals surface area contributed by atoms with Gasteiger partial charge in [-0.3, -0.25) is 9.59 Å². The number of fused-ring (bicyclic) bond motifs is 3. The quantitative estimate of drug-likeness (QED) is 0.381. The monoisotopic (exact) mass is 467 g/mol. The number of urea groups is 1. The predicted molar refractivity (Wildman–Crippen MR) is 125 cm³/mol. The zero-order valence-electron chi connectivity index (χ0n) is 18.7. The summed E-state index contributed by atoms with van der Waals surface area (Å²) >= 11 is 0. The SMILES string of the molecule is COCCNC(=O)Nc1ccc2c(c1)cc1n2C(CC(=O)NCc2ccccc2F)CNC1=O. The summed E-state index contributed by atoms with van der Waals surface area (Å²) < 4.78 is 20.6. The molecule has 1 aliphatic rings.